The highest BCUT2D eigenvalue weighted by atomic mass is 79.9. The Morgan fingerprint density at radius 2 is 2.26 bits per heavy atom. The maximum absolute atomic E-state index is 12.7. The molecule has 0 amide bonds. The van der Waals surface area contributed by atoms with Gasteiger partial charge in [0.15, 0.2) is 0 Å². The molecule has 1 aliphatic rings. The molecule has 1 aliphatic heterocycles. The van der Waals surface area contributed by atoms with E-state index in [1.807, 2.05) is 6.07 Å². The van der Waals surface area contributed by atoms with Crippen LogP contribution in [0.1, 0.15) is 5.56 Å². The van der Waals surface area contributed by atoms with Gasteiger partial charge in [-0.3, -0.25) is 0 Å². The van der Waals surface area contributed by atoms with Gasteiger partial charge in [-0.2, -0.15) is 9.57 Å². The molecular formula is C12H14BrN3O2S. The summed E-state index contributed by atoms with van der Waals surface area (Å²) >= 11 is 3.28. The van der Waals surface area contributed by atoms with Crippen LogP contribution in [0.4, 0.5) is 0 Å². The monoisotopic (exact) mass is 343 g/mol. The Hall–Kier alpha value is -0.940. The van der Waals surface area contributed by atoms with Crippen molar-refractivity contribution in [2.24, 2.45) is 0 Å². The predicted molar refractivity (Wildman–Crippen MR) is 75.0 cm³/mol. The topological polar surface area (TPSA) is 73.2 Å². The van der Waals surface area contributed by atoms with Crippen LogP contribution in [0.5, 0.6) is 0 Å². The molecule has 0 aromatic heterocycles. The second kappa shape index (κ2) is 5.59. The van der Waals surface area contributed by atoms with E-state index < -0.39 is 16.1 Å². The van der Waals surface area contributed by atoms with Crippen molar-refractivity contribution in [3.8, 4) is 6.07 Å². The van der Waals surface area contributed by atoms with E-state index in [1.165, 1.54) is 4.31 Å². The largest absolute Gasteiger partial charge is 0.313 e. The van der Waals surface area contributed by atoms with Crippen LogP contribution in [-0.4, -0.2) is 38.4 Å². The van der Waals surface area contributed by atoms with E-state index in [0.29, 0.717) is 29.7 Å². The maximum atomic E-state index is 12.7. The fourth-order valence-corrected chi connectivity index (χ4v) is 4.37. The molecule has 1 aromatic rings. The second-order valence-corrected chi connectivity index (χ2v) is 7.15. The number of nitrogens with zero attached hydrogens (tertiary/aromatic N) is 2. The number of nitrogens with one attached hydrogen (secondary N) is 1. The third kappa shape index (κ3) is 2.82. The van der Waals surface area contributed by atoms with Gasteiger partial charge in [-0.05, 0) is 24.6 Å². The molecule has 0 spiro atoms. The summed E-state index contributed by atoms with van der Waals surface area (Å²) in [6, 6.07) is 6.52. The van der Waals surface area contributed by atoms with Crippen molar-refractivity contribution < 1.29 is 8.42 Å². The number of rotatable bonds is 2. The standard InChI is InChI=1S/C12H14BrN3O2S/c1-9-2-3-10(13)6-12(9)19(17,18)16-5-4-15-8-11(16)7-14/h2-3,6,11,15H,4-5,8H2,1H3. The van der Waals surface area contributed by atoms with Gasteiger partial charge in [0.2, 0.25) is 10.0 Å². The van der Waals surface area contributed by atoms with Crippen LogP contribution in [0.3, 0.4) is 0 Å². The van der Waals surface area contributed by atoms with Crippen LogP contribution in [0.25, 0.3) is 0 Å². The molecule has 7 heteroatoms. The van der Waals surface area contributed by atoms with Gasteiger partial charge in [0.25, 0.3) is 0 Å². The first-order valence-electron chi connectivity index (χ1n) is 5.85. The molecule has 0 radical (unpaired) electrons. The second-order valence-electron chi connectivity index (χ2n) is 4.37. The predicted octanol–water partition coefficient (Wildman–Crippen LogP) is 1.24. The van der Waals surface area contributed by atoms with Gasteiger partial charge in [-0.1, -0.05) is 22.0 Å². The third-order valence-electron chi connectivity index (χ3n) is 3.08. The summed E-state index contributed by atoms with van der Waals surface area (Å²) in [4.78, 5) is 0.254. The number of nitriles is 1. The average Bonchev–Trinajstić information content (AvgIpc) is 2.41. The number of sulfonamides is 1. The molecule has 1 fully saturated rings. The van der Waals surface area contributed by atoms with E-state index in [2.05, 4.69) is 21.2 Å². The minimum absolute atomic E-state index is 0.254. The van der Waals surface area contributed by atoms with Crippen LogP contribution >= 0.6 is 15.9 Å². The molecular weight excluding hydrogens is 330 g/mol. The van der Waals surface area contributed by atoms with Gasteiger partial charge in [0.1, 0.15) is 6.04 Å². The highest BCUT2D eigenvalue weighted by Crippen LogP contribution is 2.25. The molecule has 1 atom stereocenters. The summed E-state index contributed by atoms with van der Waals surface area (Å²) in [5, 5.41) is 12.1. The van der Waals surface area contributed by atoms with Crippen LogP contribution in [0, 0.1) is 18.3 Å². The van der Waals surface area contributed by atoms with E-state index in [1.54, 1.807) is 25.1 Å². The number of hydrogen-bond donors (Lipinski definition) is 1. The first kappa shape index (κ1) is 14.5. The van der Waals surface area contributed by atoms with Crippen molar-refractivity contribution in [1.82, 2.24) is 9.62 Å². The van der Waals surface area contributed by atoms with E-state index in [9.17, 15) is 8.42 Å². The molecule has 0 aliphatic carbocycles. The van der Waals surface area contributed by atoms with Crippen molar-refractivity contribution >= 4 is 26.0 Å². The Kier molecular flexibility index (Phi) is 4.26. The van der Waals surface area contributed by atoms with E-state index >= 15 is 0 Å². The van der Waals surface area contributed by atoms with Crippen LogP contribution in [0.15, 0.2) is 27.6 Å². The van der Waals surface area contributed by atoms with Crippen molar-refractivity contribution in [3.05, 3.63) is 28.2 Å². The number of aryl methyl sites for hydroxylation is 1. The lowest BCUT2D eigenvalue weighted by atomic mass is 10.2. The van der Waals surface area contributed by atoms with E-state index in [4.69, 9.17) is 5.26 Å². The molecule has 0 bridgehead atoms. The smallest absolute Gasteiger partial charge is 0.244 e. The normalized spacial score (nSPS) is 21.0. The number of halogens is 1. The fourth-order valence-electron chi connectivity index (χ4n) is 2.06. The van der Waals surface area contributed by atoms with Crippen molar-refractivity contribution in [3.63, 3.8) is 0 Å². The molecule has 0 saturated carbocycles. The lowest BCUT2D eigenvalue weighted by Crippen LogP contribution is -2.52. The highest BCUT2D eigenvalue weighted by molar-refractivity contribution is 9.10. The SMILES string of the molecule is Cc1ccc(Br)cc1S(=O)(=O)N1CCNCC1C#N. The van der Waals surface area contributed by atoms with Gasteiger partial charge >= 0.3 is 0 Å². The zero-order valence-electron chi connectivity index (χ0n) is 10.4. The lowest BCUT2D eigenvalue weighted by molar-refractivity contribution is 0.311. The Balaban J connectivity index is 2.47. The number of piperazine rings is 1. The first-order chi connectivity index (χ1) is 8.96. The Labute approximate surface area is 121 Å². The third-order valence-corrected chi connectivity index (χ3v) is 5.62. The van der Waals surface area contributed by atoms with Crippen molar-refractivity contribution in [1.29, 1.82) is 5.26 Å². The summed E-state index contributed by atoms with van der Waals surface area (Å²) in [6.45, 7) is 2.99. The zero-order chi connectivity index (χ0) is 14.0. The van der Waals surface area contributed by atoms with Gasteiger partial charge in [0.05, 0.1) is 11.0 Å². The summed E-state index contributed by atoms with van der Waals surface area (Å²) in [6.07, 6.45) is 0. The number of benzene rings is 1. The van der Waals surface area contributed by atoms with Crippen LogP contribution in [0.2, 0.25) is 0 Å². The van der Waals surface area contributed by atoms with Crippen molar-refractivity contribution in [2.45, 2.75) is 17.9 Å². The molecule has 1 saturated heterocycles. The average molecular weight is 344 g/mol. The van der Waals surface area contributed by atoms with Crippen LogP contribution in [-0.2, 0) is 10.0 Å². The minimum atomic E-state index is -3.64. The fraction of sp³-hybridized carbons (Fsp3) is 0.417. The molecule has 19 heavy (non-hydrogen) atoms. The van der Waals surface area contributed by atoms with Gasteiger partial charge in [0, 0.05) is 24.1 Å². The molecule has 5 nitrogen and oxygen atoms in total. The van der Waals surface area contributed by atoms with Crippen molar-refractivity contribution in [2.75, 3.05) is 19.6 Å². The minimum Gasteiger partial charge on any atom is -0.313 e. The molecule has 1 unspecified atom stereocenters. The molecule has 102 valence electrons. The summed E-state index contributed by atoms with van der Waals surface area (Å²) in [5.74, 6) is 0. The van der Waals surface area contributed by atoms with E-state index in [0.717, 1.165) is 0 Å². The Bertz CT molecular complexity index is 624. The Morgan fingerprint density at radius 1 is 1.53 bits per heavy atom. The summed E-state index contributed by atoms with van der Waals surface area (Å²) < 4.78 is 27.3. The van der Waals surface area contributed by atoms with Crippen LogP contribution < -0.4 is 5.32 Å². The van der Waals surface area contributed by atoms with Gasteiger partial charge < -0.3 is 5.32 Å². The lowest BCUT2D eigenvalue weighted by Gasteiger charge is -2.31. The Morgan fingerprint density at radius 3 is 2.95 bits per heavy atom. The van der Waals surface area contributed by atoms with Gasteiger partial charge in [-0.25, -0.2) is 8.42 Å². The molecule has 1 aromatic carbocycles. The molecule has 2 rings (SSSR count). The van der Waals surface area contributed by atoms with E-state index in [-0.39, 0.29) is 4.90 Å². The zero-order valence-corrected chi connectivity index (χ0v) is 12.8. The quantitative estimate of drug-likeness (QED) is 0.876. The first-order valence-corrected chi connectivity index (χ1v) is 8.08. The highest BCUT2D eigenvalue weighted by Gasteiger charge is 2.34. The summed E-state index contributed by atoms with van der Waals surface area (Å²) in [7, 11) is -3.64. The molecule has 1 heterocycles. The van der Waals surface area contributed by atoms with Gasteiger partial charge in [-0.15, -0.1) is 0 Å². The maximum Gasteiger partial charge on any atom is 0.244 e. The molecule has 1 N–H and O–H groups in total. The number of hydrogen-bond acceptors (Lipinski definition) is 4. The summed E-state index contributed by atoms with van der Waals surface area (Å²) in [5.41, 5.74) is 0.679.